The van der Waals surface area contributed by atoms with Crippen LogP contribution in [0.2, 0.25) is 0 Å². The van der Waals surface area contributed by atoms with Gasteiger partial charge in [-0.05, 0) is 43.5 Å². The molecule has 0 amide bonds. The summed E-state index contributed by atoms with van der Waals surface area (Å²) in [5.74, 6) is 0.286. The smallest absolute Gasteiger partial charge is 0.128 e. The summed E-state index contributed by atoms with van der Waals surface area (Å²) in [4.78, 5) is 2.27. The number of aryl methyl sites for hydroxylation is 1. The second-order valence-electron chi connectivity index (χ2n) is 6.78. The molecule has 2 heterocycles. The van der Waals surface area contributed by atoms with Crippen LogP contribution in [0.1, 0.15) is 29.9 Å². The van der Waals surface area contributed by atoms with Crippen molar-refractivity contribution < 1.29 is 14.2 Å². The maximum absolute atomic E-state index is 13.5. The maximum Gasteiger partial charge on any atom is 0.128 e. The Kier molecular flexibility index (Phi) is 6.18. The molecule has 0 aliphatic carbocycles. The van der Waals surface area contributed by atoms with Crippen LogP contribution in [-0.2, 0) is 18.4 Å². The zero-order chi connectivity index (χ0) is 17.6. The SMILES string of the molecule is Cn1cc(C2CCN(CC(O)COCc3ccccc3F)CC2)cn1. The van der Waals surface area contributed by atoms with E-state index in [2.05, 4.69) is 16.2 Å². The van der Waals surface area contributed by atoms with E-state index in [1.54, 1.807) is 18.2 Å². The minimum atomic E-state index is -0.554. The van der Waals surface area contributed by atoms with Gasteiger partial charge in [-0.1, -0.05) is 18.2 Å². The number of aromatic nitrogens is 2. The van der Waals surface area contributed by atoms with Crippen molar-refractivity contribution >= 4 is 0 Å². The fraction of sp³-hybridized carbons (Fsp3) is 0.526. The Bertz CT molecular complexity index is 668. The molecular formula is C19H26FN3O2. The summed E-state index contributed by atoms with van der Waals surface area (Å²) in [6, 6.07) is 6.56. The molecule has 1 fully saturated rings. The molecule has 1 N–H and O–H groups in total. The van der Waals surface area contributed by atoms with Crippen LogP contribution in [0.25, 0.3) is 0 Å². The van der Waals surface area contributed by atoms with Crippen LogP contribution in [0.5, 0.6) is 0 Å². The van der Waals surface area contributed by atoms with Crippen LogP contribution < -0.4 is 0 Å². The zero-order valence-corrected chi connectivity index (χ0v) is 14.6. The maximum atomic E-state index is 13.5. The van der Waals surface area contributed by atoms with Gasteiger partial charge in [0.25, 0.3) is 0 Å². The number of piperidine rings is 1. The Morgan fingerprint density at radius 2 is 2.08 bits per heavy atom. The van der Waals surface area contributed by atoms with Crippen LogP contribution >= 0.6 is 0 Å². The number of aliphatic hydroxyl groups excluding tert-OH is 1. The highest BCUT2D eigenvalue weighted by atomic mass is 19.1. The number of nitrogens with zero attached hydrogens (tertiary/aromatic N) is 3. The molecule has 25 heavy (non-hydrogen) atoms. The van der Waals surface area contributed by atoms with Crippen LogP contribution in [0, 0.1) is 5.82 Å². The Morgan fingerprint density at radius 1 is 1.32 bits per heavy atom. The van der Waals surface area contributed by atoms with E-state index in [1.165, 1.54) is 11.6 Å². The van der Waals surface area contributed by atoms with Crippen molar-refractivity contribution in [1.82, 2.24) is 14.7 Å². The molecule has 6 heteroatoms. The highest BCUT2D eigenvalue weighted by Crippen LogP contribution is 2.27. The number of hydrogen-bond acceptors (Lipinski definition) is 4. The molecule has 1 unspecified atom stereocenters. The third kappa shape index (κ3) is 5.11. The lowest BCUT2D eigenvalue weighted by Gasteiger charge is -2.32. The summed E-state index contributed by atoms with van der Waals surface area (Å²) in [6.07, 6.45) is 5.64. The number of likely N-dealkylation sites (tertiary alicyclic amines) is 1. The number of aliphatic hydroxyl groups is 1. The zero-order valence-electron chi connectivity index (χ0n) is 14.6. The third-order valence-electron chi connectivity index (χ3n) is 4.78. The van der Waals surface area contributed by atoms with Gasteiger partial charge in [0.15, 0.2) is 0 Å². The van der Waals surface area contributed by atoms with Crippen molar-refractivity contribution in [2.45, 2.75) is 31.5 Å². The number of halogens is 1. The average Bonchev–Trinajstić information content (AvgIpc) is 3.04. The Labute approximate surface area is 148 Å². The molecule has 2 aromatic rings. The van der Waals surface area contributed by atoms with Crippen LogP contribution in [0.15, 0.2) is 36.7 Å². The molecule has 5 nitrogen and oxygen atoms in total. The molecule has 1 aromatic carbocycles. The lowest BCUT2D eigenvalue weighted by Crippen LogP contribution is -2.39. The van der Waals surface area contributed by atoms with Crippen LogP contribution in [0.3, 0.4) is 0 Å². The van der Waals surface area contributed by atoms with Crippen molar-refractivity contribution in [3.8, 4) is 0 Å². The summed E-state index contributed by atoms with van der Waals surface area (Å²) >= 11 is 0. The van der Waals surface area contributed by atoms with Crippen molar-refractivity contribution in [3.63, 3.8) is 0 Å². The van der Waals surface area contributed by atoms with E-state index in [4.69, 9.17) is 4.74 Å². The number of rotatable bonds is 7. The van der Waals surface area contributed by atoms with Gasteiger partial charge in [-0.25, -0.2) is 4.39 Å². The van der Waals surface area contributed by atoms with Gasteiger partial charge in [0, 0.05) is 25.4 Å². The third-order valence-corrected chi connectivity index (χ3v) is 4.78. The molecule has 1 atom stereocenters. The van der Waals surface area contributed by atoms with Gasteiger partial charge in [-0.2, -0.15) is 5.10 Å². The molecule has 1 aromatic heterocycles. The summed E-state index contributed by atoms with van der Waals surface area (Å²) in [6.45, 7) is 2.93. The fourth-order valence-corrected chi connectivity index (χ4v) is 3.37. The summed E-state index contributed by atoms with van der Waals surface area (Å²) in [5.41, 5.74) is 1.82. The van der Waals surface area contributed by atoms with Gasteiger partial charge in [-0.15, -0.1) is 0 Å². The van der Waals surface area contributed by atoms with E-state index >= 15 is 0 Å². The first-order valence-electron chi connectivity index (χ1n) is 8.82. The van der Waals surface area contributed by atoms with E-state index in [-0.39, 0.29) is 19.0 Å². The van der Waals surface area contributed by atoms with Crippen LogP contribution in [0.4, 0.5) is 4.39 Å². The fourth-order valence-electron chi connectivity index (χ4n) is 3.37. The van der Waals surface area contributed by atoms with Gasteiger partial charge >= 0.3 is 0 Å². The normalized spacial score (nSPS) is 17.7. The lowest BCUT2D eigenvalue weighted by molar-refractivity contribution is 0.00550. The molecule has 1 aliphatic heterocycles. The Balaban J connectivity index is 1.36. The molecule has 1 saturated heterocycles. The highest BCUT2D eigenvalue weighted by molar-refractivity contribution is 5.16. The topological polar surface area (TPSA) is 50.5 Å². The van der Waals surface area contributed by atoms with Gasteiger partial charge in [0.2, 0.25) is 0 Å². The summed E-state index contributed by atoms with van der Waals surface area (Å²) in [5, 5.41) is 14.4. The predicted molar refractivity (Wildman–Crippen MR) is 93.7 cm³/mol. The molecule has 0 spiro atoms. The van der Waals surface area contributed by atoms with Gasteiger partial charge < -0.3 is 14.7 Å². The monoisotopic (exact) mass is 347 g/mol. The van der Waals surface area contributed by atoms with Gasteiger partial charge in [0.1, 0.15) is 5.82 Å². The quantitative estimate of drug-likeness (QED) is 0.835. The van der Waals surface area contributed by atoms with E-state index in [9.17, 15) is 9.50 Å². The predicted octanol–water partition coefficient (Wildman–Crippen LogP) is 2.32. The molecule has 0 radical (unpaired) electrons. The minimum absolute atomic E-state index is 0.187. The van der Waals surface area contributed by atoms with Crippen LogP contribution in [-0.4, -0.2) is 52.1 Å². The van der Waals surface area contributed by atoms with Gasteiger partial charge in [-0.3, -0.25) is 4.68 Å². The first-order valence-corrected chi connectivity index (χ1v) is 8.82. The van der Waals surface area contributed by atoms with E-state index in [0.29, 0.717) is 18.0 Å². The Morgan fingerprint density at radius 3 is 2.76 bits per heavy atom. The molecule has 1 aliphatic rings. The van der Waals surface area contributed by atoms with E-state index < -0.39 is 6.10 Å². The van der Waals surface area contributed by atoms with Crippen molar-refractivity contribution in [2.75, 3.05) is 26.2 Å². The minimum Gasteiger partial charge on any atom is -0.389 e. The largest absolute Gasteiger partial charge is 0.389 e. The average molecular weight is 347 g/mol. The van der Waals surface area contributed by atoms with Gasteiger partial charge in [0.05, 0.1) is 25.5 Å². The molecule has 0 saturated carbocycles. The first kappa shape index (κ1) is 18.0. The summed E-state index contributed by atoms with van der Waals surface area (Å²) < 4.78 is 20.8. The van der Waals surface area contributed by atoms with Crippen molar-refractivity contribution in [1.29, 1.82) is 0 Å². The summed E-state index contributed by atoms with van der Waals surface area (Å²) in [7, 11) is 1.94. The van der Waals surface area contributed by atoms with E-state index in [1.807, 2.05) is 17.9 Å². The number of ether oxygens (including phenoxy) is 1. The number of benzene rings is 1. The second kappa shape index (κ2) is 8.56. The number of β-amino-alcohol motifs (C(OH)–C–C–N with tert-alkyl or cyclic N) is 1. The molecule has 0 bridgehead atoms. The van der Waals surface area contributed by atoms with Crippen molar-refractivity contribution in [3.05, 3.63) is 53.6 Å². The molecule has 136 valence electrons. The molecular weight excluding hydrogens is 321 g/mol. The number of hydrogen-bond donors (Lipinski definition) is 1. The standard InChI is InChI=1S/C19H26FN3O2/c1-22-11-17(10-21-22)15-6-8-23(9-7-15)12-18(24)14-25-13-16-4-2-3-5-19(16)20/h2-5,10-11,15,18,24H,6-9,12-14H2,1H3. The lowest BCUT2D eigenvalue weighted by atomic mass is 9.91. The highest BCUT2D eigenvalue weighted by Gasteiger charge is 2.23. The molecule has 3 rings (SSSR count). The van der Waals surface area contributed by atoms with Crippen molar-refractivity contribution in [2.24, 2.45) is 7.05 Å². The Hall–Kier alpha value is -1.76. The van der Waals surface area contributed by atoms with E-state index in [0.717, 1.165) is 25.9 Å². The first-order chi connectivity index (χ1) is 12.1. The second-order valence-corrected chi connectivity index (χ2v) is 6.78.